The van der Waals surface area contributed by atoms with Crippen molar-refractivity contribution in [3.05, 3.63) is 58.7 Å². The third-order valence-corrected chi connectivity index (χ3v) is 6.75. The largest absolute Gasteiger partial charge is 0.325 e. The molecular weight excluding hydrogens is 420 g/mol. The van der Waals surface area contributed by atoms with E-state index in [4.69, 9.17) is 0 Å². The summed E-state index contributed by atoms with van der Waals surface area (Å²) in [6.07, 6.45) is 0. The summed E-state index contributed by atoms with van der Waals surface area (Å²) in [6.45, 7) is 16.3. The Labute approximate surface area is 194 Å². The highest BCUT2D eigenvalue weighted by Crippen LogP contribution is 2.34. The van der Waals surface area contributed by atoms with Crippen molar-refractivity contribution >= 4 is 27.3 Å². The molecule has 0 atom stereocenters. The Balaban J connectivity index is 2.33. The van der Waals surface area contributed by atoms with Crippen LogP contribution in [0.2, 0.25) is 0 Å². The van der Waals surface area contributed by atoms with Gasteiger partial charge in [0.1, 0.15) is 5.75 Å². The molecule has 0 aliphatic heterocycles. The standard InChI is InChI=1S/C26H38N2O3S/c1-16(2)20-11-9-12-21(17(3)4)25(20)27-24(29)15-32(30,31)28-26-22(18(5)6)13-10-14-23(26)19(7)8/h9-14,16-19,28H,15H2,1-8H3,(H,27,29). The minimum absolute atomic E-state index is 0.145. The summed E-state index contributed by atoms with van der Waals surface area (Å²) in [6, 6.07) is 11.8. The van der Waals surface area contributed by atoms with Gasteiger partial charge >= 0.3 is 0 Å². The normalized spacial score (nSPS) is 12.1. The zero-order valence-electron chi connectivity index (χ0n) is 20.6. The van der Waals surface area contributed by atoms with Crippen molar-refractivity contribution in [2.75, 3.05) is 15.8 Å². The molecule has 0 fully saturated rings. The first-order chi connectivity index (χ1) is 14.8. The number of sulfonamides is 1. The van der Waals surface area contributed by atoms with Crippen LogP contribution in [-0.4, -0.2) is 20.1 Å². The van der Waals surface area contributed by atoms with Gasteiger partial charge < -0.3 is 5.32 Å². The maximum absolute atomic E-state index is 13.0. The minimum Gasteiger partial charge on any atom is -0.325 e. The van der Waals surface area contributed by atoms with Gasteiger partial charge in [0, 0.05) is 5.69 Å². The van der Waals surface area contributed by atoms with E-state index in [1.54, 1.807) is 0 Å². The first kappa shape index (κ1) is 25.9. The van der Waals surface area contributed by atoms with E-state index in [2.05, 4.69) is 37.7 Å². The number of anilines is 2. The molecule has 0 bridgehead atoms. The van der Waals surface area contributed by atoms with Gasteiger partial charge in [-0.15, -0.1) is 0 Å². The van der Waals surface area contributed by atoms with Crippen molar-refractivity contribution in [3.8, 4) is 0 Å². The minimum atomic E-state index is -3.89. The number of nitrogens with one attached hydrogen (secondary N) is 2. The summed E-state index contributed by atoms with van der Waals surface area (Å²) in [7, 11) is -3.89. The third-order valence-electron chi connectivity index (χ3n) is 5.59. The Morgan fingerprint density at radius 1 is 0.688 bits per heavy atom. The summed E-state index contributed by atoms with van der Waals surface area (Å²) in [5.74, 6) is -0.490. The molecule has 2 aromatic carbocycles. The van der Waals surface area contributed by atoms with Crippen molar-refractivity contribution in [1.29, 1.82) is 0 Å². The van der Waals surface area contributed by atoms with E-state index in [0.717, 1.165) is 27.9 Å². The molecule has 2 N–H and O–H groups in total. The molecule has 0 aliphatic rings. The highest BCUT2D eigenvalue weighted by molar-refractivity contribution is 7.93. The predicted octanol–water partition coefficient (Wildman–Crippen LogP) is 6.56. The molecule has 6 heteroatoms. The van der Waals surface area contributed by atoms with Crippen molar-refractivity contribution in [2.45, 2.75) is 79.1 Å². The van der Waals surface area contributed by atoms with E-state index in [0.29, 0.717) is 5.69 Å². The SMILES string of the molecule is CC(C)c1cccc(C(C)C)c1NC(=O)CS(=O)(=O)Nc1c(C(C)C)cccc1C(C)C. The molecule has 0 saturated carbocycles. The Hall–Kier alpha value is -2.34. The number of hydrogen-bond donors (Lipinski definition) is 2. The fourth-order valence-electron chi connectivity index (χ4n) is 3.90. The Morgan fingerprint density at radius 3 is 1.38 bits per heavy atom. The maximum Gasteiger partial charge on any atom is 0.241 e. The molecule has 2 rings (SSSR count). The van der Waals surface area contributed by atoms with Crippen LogP contribution in [0, 0.1) is 0 Å². The quantitative estimate of drug-likeness (QED) is 0.447. The van der Waals surface area contributed by atoms with Crippen LogP contribution < -0.4 is 10.0 Å². The van der Waals surface area contributed by atoms with Gasteiger partial charge in [0.25, 0.3) is 0 Å². The monoisotopic (exact) mass is 458 g/mol. The van der Waals surface area contributed by atoms with Gasteiger partial charge in [0.05, 0.1) is 5.69 Å². The van der Waals surface area contributed by atoms with E-state index in [-0.39, 0.29) is 23.7 Å². The van der Waals surface area contributed by atoms with Gasteiger partial charge in [-0.1, -0.05) is 91.8 Å². The molecule has 0 unspecified atom stereocenters. The molecule has 1 amide bonds. The van der Waals surface area contributed by atoms with Crippen LogP contribution in [0.3, 0.4) is 0 Å². The zero-order valence-corrected chi connectivity index (χ0v) is 21.4. The van der Waals surface area contributed by atoms with Gasteiger partial charge in [0.2, 0.25) is 15.9 Å². The number of carbonyl (C=O) groups is 1. The summed E-state index contributed by atoms with van der Waals surface area (Å²) >= 11 is 0. The van der Waals surface area contributed by atoms with Crippen molar-refractivity contribution in [3.63, 3.8) is 0 Å². The van der Waals surface area contributed by atoms with Crippen molar-refractivity contribution < 1.29 is 13.2 Å². The molecule has 176 valence electrons. The number of carbonyl (C=O) groups excluding carboxylic acids is 1. The Bertz CT molecular complexity index is 1000. The fraction of sp³-hybridized carbons (Fsp3) is 0.500. The maximum atomic E-state index is 13.0. The molecule has 0 aliphatic carbocycles. The van der Waals surface area contributed by atoms with Gasteiger partial charge in [-0.3, -0.25) is 9.52 Å². The van der Waals surface area contributed by atoms with Crippen molar-refractivity contribution in [1.82, 2.24) is 0 Å². The van der Waals surface area contributed by atoms with E-state index in [1.165, 1.54) is 0 Å². The lowest BCUT2D eigenvalue weighted by atomic mass is 9.92. The average Bonchev–Trinajstić information content (AvgIpc) is 2.66. The summed E-state index contributed by atoms with van der Waals surface area (Å²) in [5, 5.41) is 2.90. The number of benzene rings is 2. The first-order valence-electron chi connectivity index (χ1n) is 11.4. The van der Waals surface area contributed by atoms with Gasteiger partial charge in [-0.25, -0.2) is 8.42 Å². The highest BCUT2D eigenvalue weighted by atomic mass is 32.2. The second-order valence-corrected chi connectivity index (χ2v) is 11.4. The van der Waals surface area contributed by atoms with E-state index in [9.17, 15) is 13.2 Å². The molecule has 2 aromatic rings. The van der Waals surface area contributed by atoms with Gasteiger partial charge in [0.15, 0.2) is 0 Å². The molecule has 0 aromatic heterocycles. The fourth-order valence-corrected chi connectivity index (χ4v) is 4.94. The van der Waals surface area contributed by atoms with Crippen LogP contribution in [0.1, 0.15) is 101 Å². The smallest absolute Gasteiger partial charge is 0.241 e. The van der Waals surface area contributed by atoms with E-state index < -0.39 is 21.7 Å². The van der Waals surface area contributed by atoms with Crippen LogP contribution in [0.5, 0.6) is 0 Å². The van der Waals surface area contributed by atoms with Crippen LogP contribution in [0.25, 0.3) is 0 Å². The van der Waals surface area contributed by atoms with Gasteiger partial charge in [-0.05, 0) is 45.9 Å². The van der Waals surface area contributed by atoms with Crippen LogP contribution in [-0.2, 0) is 14.8 Å². The van der Waals surface area contributed by atoms with E-state index >= 15 is 0 Å². The van der Waals surface area contributed by atoms with Crippen LogP contribution in [0.4, 0.5) is 11.4 Å². The van der Waals surface area contributed by atoms with Crippen LogP contribution in [0.15, 0.2) is 36.4 Å². The Morgan fingerprint density at radius 2 is 1.03 bits per heavy atom. The second kappa shape index (κ2) is 10.5. The molecule has 0 saturated heterocycles. The first-order valence-corrected chi connectivity index (χ1v) is 13.0. The number of rotatable bonds is 9. The lowest BCUT2D eigenvalue weighted by Gasteiger charge is -2.22. The topological polar surface area (TPSA) is 75.3 Å². The number of para-hydroxylation sites is 2. The molecule has 0 radical (unpaired) electrons. The molecule has 0 spiro atoms. The van der Waals surface area contributed by atoms with Crippen molar-refractivity contribution in [2.24, 2.45) is 0 Å². The highest BCUT2D eigenvalue weighted by Gasteiger charge is 2.23. The third kappa shape index (κ3) is 6.35. The number of hydrogen-bond acceptors (Lipinski definition) is 3. The summed E-state index contributed by atoms with van der Waals surface area (Å²) < 4.78 is 28.8. The summed E-state index contributed by atoms with van der Waals surface area (Å²) in [5.41, 5.74) is 5.17. The predicted molar refractivity (Wildman–Crippen MR) is 135 cm³/mol. The average molecular weight is 459 g/mol. The van der Waals surface area contributed by atoms with E-state index in [1.807, 2.05) is 64.1 Å². The lowest BCUT2D eigenvalue weighted by Crippen LogP contribution is -2.29. The molecule has 5 nitrogen and oxygen atoms in total. The molecular formula is C26H38N2O3S. The molecule has 0 heterocycles. The van der Waals surface area contributed by atoms with Gasteiger partial charge in [-0.2, -0.15) is 0 Å². The number of amides is 1. The van der Waals surface area contributed by atoms with Crippen LogP contribution >= 0.6 is 0 Å². The zero-order chi connectivity index (χ0) is 24.2. The lowest BCUT2D eigenvalue weighted by molar-refractivity contribution is -0.113. The summed E-state index contributed by atoms with van der Waals surface area (Å²) in [4.78, 5) is 12.9. The Kier molecular flexibility index (Phi) is 8.52. The molecule has 32 heavy (non-hydrogen) atoms. The second-order valence-electron chi connectivity index (χ2n) is 9.65.